The summed E-state index contributed by atoms with van der Waals surface area (Å²) in [5, 5.41) is 3.45. The summed E-state index contributed by atoms with van der Waals surface area (Å²) in [4.78, 5) is 3.96. The average Bonchev–Trinajstić information content (AvgIpc) is 2.79. The first-order valence-electron chi connectivity index (χ1n) is 5.41. The lowest BCUT2D eigenvalue weighted by Crippen LogP contribution is -2.17. The normalized spacial score (nSPS) is 13.3. The molecule has 5 nitrogen and oxygen atoms in total. The Morgan fingerprint density at radius 3 is 2.65 bits per heavy atom. The van der Waals surface area contributed by atoms with Crippen molar-refractivity contribution in [1.82, 2.24) is 10.1 Å². The van der Waals surface area contributed by atoms with E-state index in [9.17, 15) is 13.2 Å². The van der Waals surface area contributed by atoms with Crippen LogP contribution in [0.25, 0.3) is 11.4 Å². The van der Waals surface area contributed by atoms with Gasteiger partial charge in [0.25, 0.3) is 0 Å². The van der Waals surface area contributed by atoms with Crippen molar-refractivity contribution in [3.8, 4) is 17.1 Å². The number of rotatable bonds is 3. The highest BCUT2D eigenvalue weighted by atomic mass is 35.5. The van der Waals surface area contributed by atoms with Crippen molar-refractivity contribution in [3.05, 3.63) is 29.1 Å². The monoisotopic (exact) mass is 307 g/mol. The Hall–Kier alpha value is -1.80. The number of halogens is 4. The third-order valence-corrected chi connectivity index (χ3v) is 2.56. The van der Waals surface area contributed by atoms with Crippen molar-refractivity contribution in [3.63, 3.8) is 0 Å². The van der Waals surface area contributed by atoms with Gasteiger partial charge in [0, 0.05) is 5.56 Å². The van der Waals surface area contributed by atoms with Gasteiger partial charge >= 0.3 is 6.36 Å². The second-order valence-corrected chi connectivity index (χ2v) is 4.35. The van der Waals surface area contributed by atoms with Crippen LogP contribution in [-0.4, -0.2) is 16.5 Å². The molecule has 0 aliphatic heterocycles. The third-order valence-electron chi connectivity index (χ3n) is 2.25. The minimum absolute atomic E-state index is 0.0981. The molecule has 20 heavy (non-hydrogen) atoms. The van der Waals surface area contributed by atoms with Crippen LogP contribution in [0, 0.1) is 0 Å². The van der Waals surface area contributed by atoms with E-state index in [4.69, 9.17) is 21.9 Å². The molecular weight excluding hydrogens is 299 g/mol. The molecule has 0 aliphatic carbocycles. The lowest BCUT2D eigenvalue weighted by atomic mass is 10.2. The van der Waals surface area contributed by atoms with Crippen LogP contribution < -0.4 is 10.5 Å². The number of aromatic nitrogens is 2. The SMILES string of the molecule is C[C@H](N)c1nc(-c2ccc(Cl)c(OC(F)(F)F)c2)no1. The Kier molecular flexibility index (Phi) is 3.87. The zero-order valence-electron chi connectivity index (χ0n) is 10.1. The average molecular weight is 308 g/mol. The highest BCUT2D eigenvalue weighted by Gasteiger charge is 2.32. The molecule has 0 aliphatic rings. The summed E-state index contributed by atoms with van der Waals surface area (Å²) < 4.78 is 45.3. The molecule has 2 N–H and O–H groups in total. The van der Waals surface area contributed by atoms with Gasteiger partial charge < -0.3 is 15.0 Å². The van der Waals surface area contributed by atoms with Crippen molar-refractivity contribution in [2.75, 3.05) is 0 Å². The first-order chi connectivity index (χ1) is 9.26. The molecule has 0 saturated carbocycles. The molecule has 9 heteroatoms. The number of hydrogen-bond acceptors (Lipinski definition) is 5. The number of hydrogen-bond donors (Lipinski definition) is 1. The maximum Gasteiger partial charge on any atom is 0.573 e. The van der Waals surface area contributed by atoms with Crippen LogP contribution in [0.2, 0.25) is 5.02 Å². The van der Waals surface area contributed by atoms with Gasteiger partial charge in [-0.3, -0.25) is 0 Å². The van der Waals surface area contributed by atoms with Crippen LogP contribution in [0.1, 0.15) is 18.9 Å². The fraction of sp³-hybridized carbons (Fsp3) is 0.273. The lowest BCUT2D eigenvalue weighted by molar-refractivity contribution is -0.274. The molecule has 1 heterocycles. The summed E-state index contributed by atoms with van der Waals surface area (Å²) in [6.07, 6.45) is -4.84. The number of nitrogens with zero attached hydrogens (tertiary/aromatic N) is 2. The van der Waals surface area contributed by atoms with Gasteiger partial charge in [0.1, 0.15) is 5.75 Å². The van der Waals surface area contributed by atoms with Crippen LogP contribution in [0.4, 0.5) is 13.2 Å². The van der Waals surface area contributed by atoms with Gasteiger partial charge in [-0.1, -0.05) is 16.8 Å². The second-order valence-electron chi connectivity index (χ2n) is 3.94. The zero-order chi connectivity index (χ0) is 14.9. The van der Waals surface area contributed by atoms with Crippen LogP contribution in [0.3, 0.4) is 0 Å². The minimum Gasteiger partial charge on any atom is -0.404 e. The number of alkyl halides is 3. The molecule has 0 saturated heterocycles. The van der Waals surface area contributed by atoms with Crippen LogP contribution in [0.15, 0.2) is 22.7 Å². The molecule has 1 atom stereocenters. The summed E-state index contributed by atoms with van der Waals surface area (Å²) in [6.45, 7) is 1.64. The molecule has 1 aromatic heterocycles. The van der Waals surface area contributed by atoms with E-state index in [0.29, 0.717) is 0 Å². The maximum absolute atomic E-state index is 12.2. The molecule has 0 amide bonds. The van der Waals surface area contributed by atoms with Gasteiger partial charge in [-0.2, -0.15) is 4.98 Å². The van der Waals surface area contributed by atoms with Gasteiger partial charge in [0.15, 0.2) is 0 Å². The second kappa shape index (κ2) is 5.29. The van der Waals surface area contributed by atoms with Crippen molar-refractivity contribution in [2.45, 2.75) is 19.3 Å². The van der Waals surface area contributed by atoms with Gasteiger partial charge in [-0.05, 0) is 25.1 Å². The highest BCUT2D eigenvalue weighted by Crippen LogP contribution is 2.33. The van der Waals surface area contributed by atoms with Gasteiger partial charge in [0.2, 0.25) is 11.7 Å². The Morgan fingerprint density at radius 2 is 2.10 bits per heavy atom. The van der Waals surface area contributed by atoms with Gasteiger partial charge in [-0.15, -0.1) is 13.2 Å². The lowest BCUT2D eigenvalue weighted by Gasteiger charge is -2.10. The molecular formula is C11H9ClF3N3O2. The highest BCUT2D eigenvalue weighted by molar-refractivity contribution is 6.32. The molecule has 108 valence electrons. The maximum atomic E-state index is 12.2. The molecule has 0 spiro atoms. The summed E-state index contributed by atoms with van der Waals surface area (Å²) in [7, 11) is 0. The quantitative estimate of drug-likeness (QED) is 0.941. The fourth-order valence-electron chi connectivity index (χ4n) is 1.38. The van der Waals surface area contributed by atoms with Crippen molar-refractivity contribution in [2.24, 2.45) is 5.73 Å². The van der Waals surface area contributed by atoms with E-state index < -0.39 is 18.2 Å². The van der Waals surface area contributed by atoms with Gasteiger partial charge in [-0.25, -0.2) is 0 Å². The molecule has 0 unspecified atom stereocenters. The molecule has 2 aromatic rings. The summed E-state index contributed by atoms with van der Waals surface area (Å²) in [5.74, 6) is -0.266. The first kappa shape index (κ1) is 14.6. The molecule has 0 radical (unpaired) electrons. The largest absolute Gasteiger partial charge is 0.573 e. The number of nitrogens with two attached hydrogens (primary N) is 1. The predicted molar refractivity (Wildman–Crippen MR) is 64.0 cm³/mol. The molecule has 2 rings (SSSR count). The van der Waals surface area contributed by atoms with E-state index in [1.807, 2.05) is 0 Å². The van der Waals surface area contributed by atoms with Crippen molar-refractivity contribution >= 4 is 11.6 Å². The molecule has 0 bridgehead atoms. The van der Waals surface area contributed by atoms with E-state index >= 15 is 0 Å². The van der Waals surface area contributed by atoms with Gasteiger partial charge in [0.05, 0.1) is 11.1 Å². The topological polar surface area (TPSA) is 74.2 Å². The van der Waals surface area contributed by atoms with Crippen LogP contribution >= 0.6 is 11.6 Å². The predicted octanol–water partition coefficient (Wildman–Crippen LogP) is 3.31. The Labute approximate surface area is 116 Å². The number of ether oxygens (including phenoxy) is 1. The Balaban J connectivity index is 2.35. The van der Waals surface area contributed by atoms with E-state index in [0.717, 1.165) is 6.07 Å². The summed E-state index contributed by atoms with van der Waals surface area (Å²) in [6, 6.07) is 3.29. The van der Waals surface area contributed by atoms with Crippen LogP contribution in [0.5, 0.6) is 5.75 Å². The zero-order valence-corrected chi connectivity index (χ0v) is 10.9. The first-order valence-corrected chi connectivity index (χ1v) is 5.79. The summed E-state index contributed by atoms with van der Waals surface area (Å²) >= 11 is 5.64. The smallest absolute Gasteiger partial charge is 0.404 e. The minimum atomic E-state index is -4.84. The van der Waals surface area contributed by atoms with Crippen molar-refractivity contribution in [1.29, 1.82) is 0 Å². The number of benzene rings is 1. The van der Waals surface area contributed by atoms with E-state index in [1.165, 1.54) is 12.1 Å². The fourth-order valence-corrected chi connectivity index (χ4v) is 1.54. The van der Waals surface area contributed by atoms with Crippen LogP contribution in [-0.2, 0) is 0 Å². The molecule has 1 aromatic carbocycles. The van der Waals surface area contributed by atoms with E-state index in [1.54, 1.807) is 6.92 Å². The van der Waals surface area contributed by atoms with Crippen molar-refractivity contribution < 1.29 is 22.4 Å². The van der Waals surface area contributed by atoms with E-state index in [-0.39, 0.29) is 22.3 Å². The van der Waals surface area contributed by atoms with E-state index in [2.05, 4.69) is 14.9 Å². The standard InChI is InChI=1S/C11H9ClF3N3O2/c1-5(16)10-17-9(18-20-10)6-2-3-7(12)8(4-6)19-11(13,14)15/h2-5H,16H2,1H3/t5-/m0/s1. The Morgan fingerprint density at radius 1 is 1.40 bits per heavy atom. The Bertz CT molecular complexity index is 613. The third kappa shape index (κ3) is 3.40. The molecule has 0 fully saturated rings. The summed E-state index contributed by atoms with van der Waals surface area (Å²) in [5.41, 5.74) is 5.82.